The molecule has 0 aromatic heterocycles. The summed E-state index contributed by atoms with van der Waals surface area (Å²) in [5.41, 5.74) is 2.70. The van der Waals surface area contributed by atoms with E-state index >= 15 is 0 Å². The van der Waals surface area contributed by atoms with Crippen LogP contribution >= 0.6 is 0 Å². The van der Waals surface area contributed by atoms with E-state index in [1.54, 1.807) is 0 Å². The quantitative estimate of drug-likeness (QED) is 0.689. The minimum absolute atomic E-state index is 0.0832. The van der Waals surface area contributed by atoms with E-state index in [0.29, 0.717) is 18.4 Å². The molecule has 1 aromatic rings. The molecule has 1 nitrogen and oxygen atoms in total. The van der Waals surface area contributed by atoms with Gasteiger partial charge in [-0.05, 0) is 42.4 Å². The molecule has 0 aliphatic heterocycles. The van der Waals surface area contributed by atoms with Gasteiger partial charge < -0.3 is 4.74 Å². The van der Waals surface area contributed by atoms with Gasteiger partial charge in [-0.3, -0.25) is 0 Å². The molecule has 1 rings (SSSR count). The summed E-state index contributed by atoms with van der Waals surface area (Å²) in [6.45, 7) is 15.8. The van der Waals surface area contributed by atoms with Crippen molar-refractivity contribution in [3.05, 3.63) is 29.3 Å². The molecule has 0 aliphatic carbocycles. The molecular weight excluding hydrogens is 244 g/mol. The largest absolute Gasteiger partial charge is 0.494 e. The molecule has 0 bridgehead atoms. The fourth-order valence-electron chi connectivity index (χ4n) is 2.34. The van der Waals surface area contributed by atoms with Crippen LogP contribution in [0.1, 0.15) is 65.5 Å². The number of benzene rings is 1. The lowest BCUT2D eigenvalue weighted by molar-refractivity contribution is 0.329. The molecule has 0 spiro atoms. The van der Waals surface area contributed by atoms with Crippen LogP contribution in [0.5, 0.6) is 5.75 Å². The average Bonchev–Trinajstić information content (AvgIpc) is 2.37. The number of hydrogen-bond acceptors (Lipinski definition) is 1. The molecule has 0 saturated heterocycles. The van der Waals surface area contributed by atoms with Gasteiger partial charge in [0.05, 0.1) is 6.61 Å². The molecule has 1 heteroatoms. The zero-order valence-corrected chi connectivity index (χ0v) is 14.0. The van der Waals surface area contributed by atoms with Crippen molar-refractivity contribution in [3.8, 4) is 17.6 Å². The van der Waals surface area contributed by atoms with Crippen LogP contribution in [-0.2, 0) is 5.41 Å². The summed E-state index contributed by atoms with van der Waals surface area (Å²) < 4.78 is 5.78. The molecule has 2 atom stereocenters. The highest BCUT2D eigenvalue weighted by atomic mass is 16.5. The molecule has 2 unspecified atom stereocenters. The van der Waals surface area contributed by atoms with Crippen LogP contribution in [0.4, 0.5) is 0 Å². The van der Waals surface area contributed by atoms with Gasteiger partial charge in [0.15, 0.2) is 0 Å². The molecule has 0 fully saturated rings. The maximum Gasteiger partial charge on any atom is 0.123 e. The van der Waals surface area contributed by atoms with Crippen LogP contribution < -0.4 is 4.74 Å². The van der Waals surface area contributed by atoms with Crippen molar-refractivity contribution in [1.29, 1.82) is 0 Å². The van der Waals surface area contributed by atoms with Crippen LogP contribution in [-0.4, -0.2) is 6.61 Å². The van der Waals surface area contributed by atoms with Gasteiger partial charge in [0.2, 0.25) is 0 Å². The Kier molecular flexibility index (Phi) is 5.69. The number of ether oxygens (including phenoxy) is 1. The summed E-state index contributed by atoms with van der Waals surface area (Å²) in [5.74, 6) is 8.08. The molecule has 20 heavy (non-hydrogen) atoms. The van der Waals surface area contributed by atoms with Gasteiger partial charge in [0.25, 0.3) is 0 Å². The highest BCUT2D eigenvalue weighted by Gasteiger charge is 2.21. The van der Waals surface area contributed by atoms with Crippen LogP contribution in [0, 0.1) is 17.8 Å². The molecule has 0 amide bonds. The Balaban J connectivity index is 3.21. The van der Waals surface area contributed by atoms with Crippen LogP contribution in [0.2, 0.25) is 0 Å². The Bertz CT molecular complexity index is 497. The van der Waals surface area contributed by atoms with Crippen molar-refractivity contribution in [2.75, 3.05) is 6.61 Å². The van der Waals surface area contributed by atoms with E-state index in [0.717, 1.165) is 5.75 Å². The Morgan fingerprint density at radius 3 is 2.35 bits per heavy atom. The lowest BCUT2D eigenvalue weighted by atomic mass is 9.82. The molecular formula is C19H28O. The van der Waals surface area contributed by atoms with Crippen molar-refractivity contribution in [2.45, 2.75) is 59.8 Å². The Morgan fingerprint density at radius 2 is 1.85 bits per heavy atom. The van der Waals surface area contributed by atoms with Crippen LogP contribution in [0.3, 0.4) is 0 Å². The fourth-order valence-corrected chi connectivity index (χ4v) is 2.34. The third kappa shape index (κ3) is 4.04. The van der Waals surface area contributed by atoms with Gasteiger partial charge in [-0.15, -0.1) is 5.92 Å². The molecule has 0 radical (unpaired) electrons. The predicted molar refractivity (Wildman–Crippen MR) is 87.3 cm³/mol. The number of hydrogen-bond donors (Lipinski definition) is 0. The monoisotopic (exact) mass is 272 g/mol. The lowest BCUT2D eigenvalue weighted by Gasteiger charge is -2.25. The zero-order chi connectivity index (χ0) is 15.3. The van der Waals surface area contributed by atoms with Crippen molar-refractivity contribution in [3.63, 3.8) is 0 Å². The van der Waals surface area contributed by atoms with E-state index in [-0.39, 0.29) is 5.41 Å². The third-order valence-electron chi connectivity index (χ3n) is 3.76. The predicted octanol–water partition coefficient (Wildman–Crippen LogP) is 5.15. The van der Waals surface area contributed by atoms with E-state index < -0.39 is 0 Å². The second-order valence-electron chi connectivity index (χ2n) is 6.41. The van der Waals surface area contributed by atoms with Crippen molar-refractivity contribution in [2.24, 2.45) is 5.92 Å². The van der Waals surface area contributed by atoms with Gasteiger partial charge in [-0.2, -0.15) is 0 Å². The lowest BCUT2D eigenvalue weighted by Crippen LogP contribution is -2.15. The fraction of sp³-hybridized carbons (Fsp3) is 0.579. The topological polar surface area (TPSA) is 9.23 Å². The summed E-state index contributed by atoms with van der Waals surface area (Å²) in [7, 11) is 0. The smallest absolute Gasteiger partial charge is 0.123 e. The summed E-state index contributed by atoms with van der Waals surface area (Å²) in [6.07, 6.45) is 0. The van der Waals surface area contributed by atoms with Crippen LogP contribution in [0.15, 0.2) is 18.2 Å². The Hall–Kier alpha value is -1.42. The maximum absolute atomic E-state index is 5.78. The van der Waals surface area contributed by atoms with Crippen molar-refractivity contribution < 1.29 is 4.74 Å². The Labute approximate surface area is 124 Å². The standard InChI is InChI=1S/C19H28O/c1-8-10-14(3)15(4)16-11-12-18(20-9-2)17(13-16)19(5,6)7/h11-15H,9H2,1-7H3. The normalized spacial score (nSPS) is 14.2. The first-order valence-electron chi connectivity index (χ1n) is 7.50. The minimum atomic E-state index is 0.0832. The molecule has 0 aliphatic rings. The highest BCUT2D eigenvalue weighted by molar-refractivity contribution is 5.43. The first kappa shape index (κ1) is 16.6. The zero-order valence-electron chi connectivity index (χ0n) is 14.0. The van der Waals surface area contributed by atoms with E-state index in [1.807, 2.05) is 13.8 Å². The number of rotatable bonds is 4. The first-order chi connectivity index (χ1) is 9.31. The van der Waals surface area contributed by atoms with E-state index in [1.165, 1.54) is 11.1 Å². The van der Waals surface area contributed by atoms with Gasteiger partial charge in [-0.1, -0.05) is 52.7 Å². The molecule has 110 valence electrons. The summed E-state index contributed by atoms with van der Waals surface area (Å²) in [4.78, 5) is 0. The molecule has 1 aromatic carbocycles. The average molecular weight is 272 g/mol. The van der Waals surface area contributed by atoms with Crippen LogP contribution in [0.25, 0.3) is 0 Å². The van der Waals surface area contributed by atoms with Crippen molar-refractivity contribution in [1.82, 2.24) is 0 Å². The molecule has 0 saturated carbocycles. The molecule has 0 N–H and O–H groups in total. The minimum Gasteiger partial charge on any atom is -0.494 e. The summed E-state index contributed by atoms with van der Waals surface area (Å²) in [5, 5.41) is 0. The second kappa shape index (κ2) is 6.84. The van der Waals surface area contributed by atoms with E-state index in [9.17, 15) is 0 Å². The Morgan fingerprint density at radius 1 is 1.20 bits per heavy atom. The SMILES string of the molecule is CC#CC(C)C(C)c1ccc(OCC)c(C(C)(C)C)c1. The van der Waals surface area contributed by atoms with Crippen molar-refractivity contribution >= 4 is 0 Å². The summed E-state index contributed by atoms with van der Waals surface area (Å²) in [6, 6.07) is 6.59. The van der Waals surface area contributed by atoms with E-state index in [4.69, 9.17) is 4.74 Å². The second-order valence-corrected chi connectivity index (χ2v) is 6.41. The third-order valence-corrected chi connectivity index (χ3v) is 3.76. The van der Waals surface area contributed by atoms with Gasteiger partial charge in [0, 0.05) is 5.92 Å². The highest BCUT2D eigenvalue weighted by Crippen LogP contribution is 2.35. The molecule has 0 heterocycles. The van der Waals surface area contributed by atoms with Gasteiger partial charge in [0.1, 0.15) is 5.75 Å². The van der Waals surface area contributed by atoms with Gasteiger partial charge >= 0.3 is 0 Å². The summed E-state index contributed by atoms with van der Waals surface area (Å²) >= 11 is 0. The van der Waals surface area contributed by atoms with Gasteiger partial charge in [-0.25, -0.2) is 0 Å². The van der Waals surface area contributed by atoms with E-state index in [2.05, 4.69) is 64.7 Å². The first-order valence-corrected chi connectivity index (χ1v) is 7.50. The maximum atomic E-state index is 5.78.